The van der Waals surface area contributed by atoms with E-state index in [9.17, 15) is 9.90 Å². The third-order valence-corrected chi connectivity index (χ3v) is 3.06. The van der Waals surface area contributed by atoms with Crippen LogP contribution in [0.4, 0.5) is 0 Å². The molecular formula is C15H11N3O2. The van der Waals surface area contributed by atoms with E-state index in [1.165, 1.54) is 0 Å². The van der Waals surface area contributed by atoms with Gasteiger partial charge in [0.05, 0.1) is 0 Å². The highest BCUT2D eigenvalue weighted by molar-refractivity contribution is 6.02. The zero-order valence-electron chi connectivity index (χ0n) is 10.5. The van der Waals surface area contributed by atoms with E-state index in [0.29, 0.717) is 11.4 Å². The molecule has 1 atom stereocenters. The maximum Gasteiger partial charge on any atom is 0.361 e. The van der Waals surface area contributed by atoms with Gasteiger partial charge in [0, 0.05) is 11.1 Å². The summed E-state index contributed by atoms with van der Waals surface area (Å²) < 4.78 is 0. The Labute approximate surface area is 115 Å². The summed E-state index contributed by atoms with van der Waals surface area (Å²) >= 11 is 0. The Balaban J connectivity index is 2.10. The molecule has 1 unspecified atom stereocenters. The van der Waals surface area contributed by atoms with Gasteiger partial charge in [-0.15, -0.1) is 10.2 Å². The minimum Gasteiger partial charge on any atom is -0.478 e. The molecule has 5 nitrogen and oxygen atoms in total. The lowest BCUT2D eigenvalue weighted by molar-refractivity contribution is -0.143. The van der Waals surface area contributed by atoms with Crippen LogP contribution >= 0.6 is 0 Å². The Bertz CT molecular complexity index is 696. The standard InChI is InChI=1S/C15H11N3O2/c19-14(20)15(12-9-5-2-6-10-12)16-13(17-18-15)11-7-3-1-4-8-11/h1-10H,(H,19,20). The number of hydrogen-bond acceptors (Lipinski definition) is 4. The fourth-order valence-corrected chi connectivity index (χ4v) is 2.03. The van der Waals surface area contributed by atoms with Crippen molar-refractivity contribution in [3.05, 3.63) is 71.8 Å². The molecule has 2 aromatic carbocycles. The van der Waals surface area contributed by atoms with Gasteiger partial charge in [0.15, 0.2) is 5.84 Å². The van der Waals surface area contributed by atoms with Gasteiger partial charge in [-0.05, 0) is 0 Å². The van der Waals surface area contributed by atoms with Gasteiger partial charge in [-0.2, -0.15) is 0 Å². The minimum absolute atomic E-state index is 0.330. The lowest BCUT2D eigenvalue weighted by Crippen LogP contribution is -2.30. The van der Waals surface area contributed by atoms with Crippen molar-refractivity contribution in [1.29, 1.82) is 0 Å². The lowest BCUT2D eigenvalue weighted by Gasteiger charge is -2.16. The highest BCUT2D eigenvalue weighted by Crippen LogP contribution is 2.33. The van der Waals surface area contributed by atoms with Gasteiger partial charge in [-0.1, -0.05) is 60.7 Å². The molecule has 0 fully saturated rings. The van der Waals surface area contributed by atoms with Crippen molar-refractivity contribution in [1.82, 2.24) is 0 Å². The zero-order valence-corrected chi connectivity index (χ0v) is 10.5. The van der Waals surface area contributed by atoms with Crippen molar-refractivity contribution in [3.63, 3.8) is 0 Å². The SMILES string of the molecule is O=C(O)C1(c2ccccc2)N=NC(c2ccccc2)=N1. The number of amidine groups is 1. The van der Waals surface area contributed by atoms with Gasteiger partial charge in [-0.3, -0.25) is 0 Å². The minimum atomic E-state index is -1.67. The monoisotopic (exact) mass is 265 g/mol. The summed E-state index contributed by atoms with van der Waals surface area (Å²) in [6.07, 6.45) is 0. The molecule has 0 aliphatic carbocycles. The van der Waals surface area contributed by atoms with Gasteiger partial charge < -0.3 is 5.11 Å². The Hall–Kier alpha value is -2.82. The molecule has 1 aliphatic rings. The second-order valence-corrected chi connectivity index (χ2v) is 4.34. The second kappa shape index (κ2) is 4.70. The van der Waals surface area contributed by atoms with E-state index in [-0.39, 0.29) is 0 Å². The number of benzene rings is 2. The summed E-state index contributed by atoms with van der Waals surface area (Å²) in [6, 6.07) is 17.9. The molecule has 0 radical (unpaired) electrons. The molecule has 20 heavy (non-hydrogen) atoms. The van der Waals surface area contributed by atoms with Crippen LogP contribution in [0.3, 0.4) is 0 Å². The van der Waals surface area contributed by atoms with Crippen LogP contribution in [0.15, 0.2) is 75.9 Å². The van der Waals surface area contributed by atoms with Crippen molar-refractivity contribution < 1.29 is 9.90 Å². The maximum atomic E-state index is 11.6. The average molecular weight is 265 g/mol. The van der Waals surface area contributed by atoms with Crippen LogP contribution in [0.1, 0.15) is 11.1 Å². The average Bonchev–Trinajstić information content (AvgIpc) is 2.96. The molecule has 0 bridgehead atoms. The Morgan fingerprint density at radius 1 is 0.950 bits per heavy atom. The van der Waals surface area contributed by atoms with Gasteiger partial charge in [0.1, 0.15) is 0 Å². The van der Waals surface area contributed by atoms with E-state index in [1.54, 1.807) is 24.3 Å². The van der Waals surface area contributed by atoms with Crippen molar-refractivity contribution in [2.45, 2.75) is 5.66 Å². The maximum absolute atomic E-state index is 11.6. The molecular weight excluding hydrogens is 254 g/mol. The third-order valence-electron chi connectivity index (χ3n) is 3.06. The molecule has 0 spiro atoms. The molecule has 3 rings (SSSR count). The number of carboxylic acids is 1. The van der Waals surface area contributed by atoms with Crippen LogP contribution in [0.2, 0.25) is 0 Å². The van der Waals surface area contributed by atoms with Gasteiger partial charge in [0.2, 0.25) is 0 Å². The number of aliphatic carboxylic acids is 1. The van der Waals surface area contributed by atoms with E-state index in [0.717, 1.165) is 5.56 Å². The molecule has 1 aliphatic heterocycles. The number of nitrogens with zero attached hydrogens (tertiary/aromatic N) is 3. The van der Waals surface area contributed by atoms with E-state index in [2.05, 4.69) is 15.2 Å². The van der Waals surface area contributed by atoms with Crippen LogP contribution < -0.4 is 0 Å². The molecule has 5 heteroatoms. The fourth-order valence-electron chi connectivity index (χ4n) is 2.03. The van der Waals surface area contributed by atoms with Gasteiger partial charge in [-0.25, -0.2) is 9.79 Å². The topological polar surface area (TPSA) is 74.4 Å². The summed E-state index contributed by atoms with van der Waals surface area (Å²) in [7, 11) is 0. The predicted octanol–water partition coefficient (Wildman–Crippen LogP) is 2.84. The van der Waals surface area contributed by atoms with Crippen LogP contribution in [0, 0.1) is 0 Å². The lowest BCUT2D eigenvalue weighted by atomic mass is 10.0. The molecule has 0 aromatic heterocycles. The van der Waals surface area contributed by atoms with E-state index < -0.39 is 11.6 Å². The molecule has 98 valence electrons. The van der Waals surface area contributed by atoms with E-state index in [4.69, 9.17) is 0 Å². The summed E-state index contributed by atoms with van der Waals surface area (Å²) in [4.78, 5) is 15.9. The molecule has 0 saturated heterocycles. The Morgan fingerprint density at radius 3 is 2.15 bits per heavy atom. The summed E-state index contributed by atoms with van der Waals surface area (Å²) in [6.45, 7) is 0. The first-order chi connectivity index (χ1) is 9.72. The predicted molar refractivity (Wildman–Crippen MR) is 73.6 cm³/mol. The smallest absolute Gasteiger partial charge is 0.361 e. The number of aliphatic imine (C=N–C) groups is 1. The molecule has 1 N–H and O–H groups in total. The molecule has 1 heterocycles. The van der Waals surface area contributed by atoms with Crippen LogP contribution in [0.5, 0.6) is 0 Å². The highest BCUT2D eigenvalue weighted by Gasteiger charge is 2.44. The fraction of sp³-hybridized carbons (Fsp3) is 0.0667. The van der Waals surface area contributed by atoms with Crippen molar-refractivity contribution >= 4 is 11.8 Å². The van der Waals surface area contributed by atoms with Gasteiger partial charge in [0.25, 0.3) is 5.66 Å². The van der Waals surface area contributed by atoms with Crippen molar-refractivity contribution in [2.75, 3.05) is 0 Å². The first-order valence-corrected chi connectivity index (χ1v) is 6.09. The Kier molecular flexibility index (Phi) is 2.87. The largest absolute Gasteiger partial charge is 0.478 e. The Morgan fingerprint density at radius 2 is 1.55 bits per heavy atom. The quantitative estimate of drug-likeness (QED) is 0.926. The number of rotatable bonds is 3. The normalized spacial score (nSPS) is 20.7. The first kappa shape index (κ1) is 12.2. The van der Waals surface area contributed by atoms with Crippen molar-refractivity contribution in [2.24, 2.45) is 15.2 Å². The highest BCUT2D eigenvalue weighted by atomic mass is 16.4. The van der Waals surface area contributed by atoms with Gasteiger partial charge >= 0.3 is 5.97 Å². The van der Waals surface area contributed by atoms with Crippen LogP contribution in [0.25, 0.3) is 0 Å². The van der Waals surface area contributed by atoms with Crippen molar-refractivity contribution in [3.8, 4) is 0 Å². The molecule has 2 aromatic rings. The summed E-state index contributed by atoms with van der Waals surface area (Å²) in [5.41, 5.74) is -0.440. The first-order valence-electron chi connectivity index (χ1n) is 6.09. The molecule has 0 saturated carbocycles. The molecule has 0 amide bonds. The number of carboxylic acid groups (broad SMARTS) is 1. The number of hydrogen-bond donors (Lipinski definition) is 1. The second-order valence-electron chi connectivity index (χ2n) is 4.34. The summed E-state index contributed by atoms with van der Waals surface area (Å²) in [5.74, 6) is -0.810. The van der Waals surface area contributed by atoms with Crippen LogP contribution in [-0.4, -0.2) is 16.9 Å². The summed E-state index contributed by atoms with van der Waals surface area (Å²) in [5, 5.41) is 17.4. The zero-order chi connectivity index (χ0) is 14.0. The van der Waals surface area contributed by atoms with E-state index >= 15 is 0 Å². The number of azo groups is 1. The van der Waals surface area contributed by atoms with E-state index in [1.807, 2.05) is 36.4 Å². The van der Waals surface area contributed by atoms with Crippen LogP contribution in [-0.2, 0) is 10.5 Å². The number of carbonyl (C=O) groups is 1. The third kappa shape index (κ3) is 1.89.